The predicted molar refractivity (Wildman–Crippen MR) is 86.4 cm³/mol. The maximum atomic E-state index is 13.0. The van der Waals surface area contributed by atoms with Crippen molar-refractivity contribution < 1.29 is 9.53 Å². The molecule has 0 aromatic heterocycles. The monoisotopic (exact) mass is 282 g/mol. The molecule has 0 fully saturated rings. The number of ether oxygens (including phenoxy) is 1. The highest BCUT2D eigenvalue weighted by Gasteiger charge is 2.19. The SMILES string of the molecule is CCOc1ccc(C)cc1C(=O)c1c(C)cc(C)cc1C. The van der Waals surface area contributed by atoms with E-state index in [4.69, 9.17) is 4.74 Å². The first-order chi connectivity index (χ1) is 9.93. The smallest absolute Gasteiger partial charge is 0.197 e. The third-order valence-electron chi connectivity index (χ3n) is 3.58. The second kappa shape index (κ2) is 6.13. The van der Waals surface area contributed by atoms with Crippen molar-refractivity contribution in [2.75, 3.05) is 6.61 Å². The van der Waals surface area contributed by atoms with Crippen LogP contribution in [0, 0.1) is 27.7 Å². The molecule has 2 rings (SSSR count). The first kappa shape index (κ1) is 15.3. The molecule has 110 valence electrons. The van der Waals surface area contributed by atoms with Gasteiger partial charge in [0.1, 0.15) is 5.75 Å². The van der Waals surface area contributed by atoms with E-state index in [9.17, 15) is 4.79 Å². The van der Waals surface area contributed by atoms with E-state index >= 15 is 0 Å². The molecule has 21 heavy (non-hydrogen) atoms. The van der Waals surface area contributed by atoms with Crippen LogP contribution in [0.25, 0.3) is 0 Å². The van der Waals surface area contributed by atoms with E-state index in [0.717, 1.165) is 22.3 Å². The summed E-state index contributed by atoms with van der Waals surface area (Å²) in [6, 6.07) is 9.86. The summed E-state index contributed by atoms with van der Waals surface area (Å²) in [4.78, 5) is 13.0. The molecule has 2 nitrogen and oxygen atoms in total. The van der Waals surface area contributed by atoms with Crippen LogP contribution in [-0.2, 0) is 0 Å². The van der Waals surface area contributed by atoms with Gasteiger partial charge in [-0.25, -0.2) is 0 Å². The Balaban J connectivity index is 2.57. The van der Waals surface area contributed by atoms with Gasteiger partial charge in [-0.2, -0.15) is 0 Å². The lowest BCUT2D eigenvalue weighted by Gasteiger charge is -2.14. The lowest BCUT2D eigenvalue weighted by molar-refractivity contribution is 0.103. The highest BCUT2D eigenvalue weighted by Crippen LogP contribution is 2.26. The van der Waals surface area contributed by atoms with Crippen LogP contribution in [0.5, 0.6) is 5.75 Å². The molecule has 0 amide bonds. The van der Waals surface area contributed by atoms with Gasteiger partial charge >= 0.3 is 0 Å². The Hall–Kier alpha value is -2.09. The van der Waals surface area contributed by atoms with E-state index in [1.165, 1.54) is 5.56 Å². The molecule has 0 N–H and O–H groups in total. The van der Waals surface area contributed by atoms with Crippen LogP contribution < -0.4 is 4.74 Å². The minimum atomic E-state index is 0.0390. The molecule has 2 heteroatoms. The molecule has 0 radical (unpaired) electrons. The maximum absolute atomic E-state index is 13.0. The van der Waals surface area contributed by atoms with Gasteiger partial charge in [-0.3, -0.25) is 4.79 Å². The molecule has 0 aliphatic heterocycles. The summed E-state index contributed by atoms with van der Waals surface area (Å²) < 4.78 is 5.62. The van der Waals surface area contributed by atoms with E-state index < -0.39 is 0 Å². The Morgan fingerprint density at radius 1 is 0.952 bits per heavy atom. The van der Waals surface area contributed by atoms with Crippen molar-refractivity contribution >= 4 is 5.78 Å². The standard InChI is InChI=1S/C19H22O2/c1-6-21-17-8-7-12(2)11-16(17)19(20)18-14(4)9-13(3)10-15(18)5/h7-11H,6H2,1-5H3. The van der Waals surface area contributed by atoms with E-state index in [2.05, 4.69) is 12.1 Å². The summed E-state index contributed by atoms with van der Waals surface area (Å²) in [5, 5.41) is 0. The molecule has 2 aromatic rings. The summed E-state index contributed by atoms with van der Waals surface area (Å²) in [5.74, 6) is 0.699. The van der Waals surface area contributed by atoms with Gasteiger partial charge in [0.25, 0.3) is 0 Å². The van der Waals surface area contributed by atoms with Crippen LogP contribution in [0.15, 0.2) is 30.3 Å². The normalized spacial score (nSPS) is 10.5. The molecule has 0 saturated carbocycles. The van der Waals surface area contributed by atoms with Crippen molar-refractivity contribution in [2.24, 2.45) is 0 Å². The minimum absolute atomic E-state index is 0.0390. The number of aryl methyl sites for hydroxylation is 4. The van der Waals surface area contributed by atoms with E-state index in [-0.39, 0.29) is 5.78 Å². The van der Waals surface area contributed by atoms with Gasteiger partial charge in [0.05, 0.1) is 12.2 Å². The van der Waals surface area contributed by atoms with Gasteiger partial charge in [-0.15, -0.1) is 0 Å². The van der Waals surface area contributed by atoms with E-state index in [0.29, 0.717) is 17.9 Å². The fourth-order valence-corrected chi connectivity index (χ4v) is 2.78. The molecule has 0 atom stereocenters. The zero-order valence-electron chi connectivity index (χ0n) is 13.4. The quantitative estimate of drug-likeness (QED) is 0.769. The van der Waals surface area contributed by atoms with E-state index in [1.807, 2.05) is 52.8 Å². The average molecular weight is 282 g/mol. The van der Waals surface area contributed by atoms with Crippen LogP contribution in [0.3, 0.4) is 0 Å². The summed E-state index contributed by atoms with van der Waals surface area (Å²) in [6.07, 6.45) is 0. The molecular formula is C19H22O2. The Morgan fingerprint density at radius 2 is 1.57 bits per heavy atom. The molecular weight excluding hydrogens is 260 g/mol. The average Bonchev–Trinajstić information content (AvgIpc) is 2.39. The third-order valence-corrected chi connectivity index (χ3v) is 3.58. The molecule has 0 aliphatic rings. The Kier molecular flexibility index (Phi) is 4.46. The molecule has 0 bridgehead atoms. The van der Waals surface area contributed by atoms with Crippen molar-refractivity contribution in [1.29, 1.82) is 0 Å². The second-order valence-electron chi connectivity index (χ2n) is 5.54. The van der Waals surface area contributed by atoms with Crippen molar-refractivity contribution in [1.82, 2.24) is 0 Å². The van der Waals surface area contributed by atoms with Gasteiger partial charge in [0.15, 0.2) is 5.78 Å². The molecule has 0 aliphatic carbocycles. The van der Waals surface area contributed by atoms with Crippen LogP contribution in [-0.4, -0.2) is 12.4 Å². The summed E-state index contributed by atoms with van der Waals surface area (Å²) >= 11 is 0. The third kappa shape index (κ3) is 3.15. The van der Waals surface area contributed by atoms with Gasteiger partial charge in [0, 0.05) is 5.56 Å². The summed E-state index contributed by atoms with van der Waals surface area (Å²) in [5.41, 5.74) is 5.70. The topological polar surface area (TPSA) is 26.3 Å². The minimum Gasteiger partial charge on any atom is -0.493 e. The largest absolute Gasteiger partial charge is 0.493 e. The van der Waals surface area contributed by atoms with Gasteiger partial charge in [0.2, 0.25) is 0 Å². The van der Waals surface area contributed by atoms with Crippen LogP contribution in [0.1, 0.15) is 45.1 Å². The maximum Gasteiger partial charge on any atom is 0.197 e. The Labute approximate surface area is 126 Å². The highest BCUT2D eigenvalue weighted by molar-refractivity contribution is 6.12. The number of rotatable bonds is 4. The number of benzene rings is 2. The van der Waals surface area contributed by atoms with Gasteiger partial charge in [-0.05, 0) is 57.9 Å². The zero-order valence-corrected chi connectivity index (χ0v) is 13.4. The van der Waals surface area contributed by atoms with Crippen molar-refractivity contribution in [3.8, 4) is 5.75 Å². The zero-order chi connectivity index (χ0) is 15.6. The fraction of sp³-hybridized carbons (Fsp3) is 0.316. The van der Waals surface area contributed by atoms with E-state index in [1.54, 1.807) is 0 Å². The van der Waals surface area contributed by atoms with Gasteiger partial charge < -0.3 is 4.74 Å². The summed E-state index contributed by atoms with van der Waals surface area (Å²) in [7, 11) is 0. The summed E-state index contributed by atoms with van der Waals surface area (Å²) in [6.45, 7) is 10.5. The van der Waals surface area contributed by atoms with Crippen LogP contribution in [0.4, 0.5) is 0 Å². The van der Waals surface area contributed by atoms with Crippen LogP contribution >= 0.6 is 0 Å². The second-order valence-corrected chi connectivity index (χ2v) is 5.54. The number of ketones is 1. The first-order valence-corrected chi connectivity index (χ1v) is 7.30. The lowest BCUT2D eigenvalue weighted by Crippen LogP contribution is -2.09. The van der Waals surface area contributed by atoms with Gasteiger partial charge in [-0.1, -0.05) is 29.3 Å². The Bertz CT molecular complexity index is 661. The molecule has 0 unspecified atom stereocenters. The molecule has 0 saturated heterocycles. The highest BCUT2D eigenvalue weighted by atomic mass is 16.5. The molecule has 0 spiro atoms. The molecule has 2 aromatic carbocycles. The fourth-order valence-electron chi connectivity index (χ4n) is 2.78. The number of carbonyl (C=O) groups excluding carboxylic acids is 1. The first-order valence-electron chi connectivity index (χ1n) is 7.30. The number of hydrogen-bond acceptors (Lipinski definition) is 2. The van der Waals surface area contributed by atoms with Crippen LogP contribution in [0.2, 0.25) is 0 Å². The van der Waals surface area contributed by atoms with Crippen molar-refractivity contribution in [2.45, 2.75) is 34.6 Å². The Morgan fingerprint density at radius 3 is 2.14 bits per heavy atom. The number of hydrogen-bond donors (Lipinski definition) is 0. The van der Waals surface area contributed by atoms with Crippen molar-refractivity contribution in [3.05, 3.63) is 63.7 Å². The lowest BCUT2D eigenvalue weighted by atomic mass is 9.92. The predicted octanol–water partition coefficient (Wildman–Crippen LogP) is 4.55. The number of carbonyl (C=O) groups is 1. The molecule has 0 heterocycles. The van der Waals surface area contributed by atoms with Crippen molar-refractivity contribution in [3.63, 3.8) is 0 Å².